The third-order valence-corrected chi connectivity index (χ3v) is 6.45. The van der Waals surface area contributed by atoms with E-state index in [-0.39, 0.29) is 11.6 Å². The average Bonchev–Trinajstić information content (AvgIpc) is 2.96. The number of nitrogens with one attached hydrogen (secondary N) is 1. The van der Waals surface area contributed by atoms with Gasteiger partial charge in [0.25, 0.3) is 5.91 Å². The van der Waals surface area contributed by atoms with Crippen molar-refractivity contribution in [2.45, 2.75) is 6.61 Å². The Morgan fingerprint density at radius 3 is 2.54 bits per heavy atom. The summed E-state index contributed by atoms with van der Waals surface area (Å²) >= 11 is 12.6. The molecule has 5 rings (SSSR count). The SMILES string of the molecule is N#Cc1ccccc1COc1c(Cl)cc(Cl)cc1/C=N\NC(=O)c1cc(-c2ccccc2)nc2ccccc12. The van der Waals surface area contributed by atoms with Gasteiger partial charge in [-0.2, -0.15) is 10.4 Å². The topological polar surface area (TPSA) is 87.4 Å². The molecule has 6 nitrogen and oxygen atoms in total. The molecule has 0 radical (unpaired) electrons. The summed E-state index contributed by atoms with van der Waals surface area (Å²) in [5.74, 6) is -0.0758. The number of fused-ring (bicyclic) bond motifs is 1. The van der Waals surface area contributed by atoms with E-state index in [1.807, 2.05) is 60.7 Å². The number of benzene rings is 4. The van der Waals surface area contributed by atoms with Crippen molar-refractivity contribution in [2.24, 2.45) is 5.10 Å². The Labute approximate surface area is 235 Å². The molecule has 1 N–H and O–H groups in total. The Morgan fingerprint density at radius 1 is 0.974 bits per heavy atom. The Balaban J connectivity index is 1.41. The van der Waals surface area contributed by atoms with Crippen molar-refractivity contribution in [3.63, 3.8) is 0 Å². The smallest absolute Gasteiger partial charge is 0.272 e. The molecule has 5 aromatic rings. The first-order valence-electron chi connectivity index (χ1n) is 11.9. The zero-order chi connectivity index (χ0) is 27.2. The third-order valence-electron chi connectivity index (χ3n) is 5.95. The lowest BCUT2D eigenvalue weighted by Crippen LogP contribution is -2.18. The normalized spacial score (nSPS) is 10.9. The summed E-state index contributed by atoms with van der Waals surface area (Å²) in [6, 6.07) is 31.3. The number of carbonyl (C=O) groups is 1. The van der Waals surface area contributed by atoms with Crippen LogP contribution in [-0.2, 0) is 6.61 Å². The first kappa shape index (κ1) is 25.9. The van der Waals surface area contributed by atoms with E-state index < -0.39 is 5.91 Å². The van der Waals surface area contributed by atoms with Crippen molar-refractivity contribution < 1.29 is 9.53 Å². The highest BCUT2D eigenvalue weighted by molar-refractivity contribution is 6.36. The highest BCUT2D eigenvalue weighted by Crippen LogP contribution is 2.32. The van der Waals surface area contributed by atoms with E-state index in [0.29, 0.717) is 49.6 Å². The van der Waals surface area contributed by atoms with Gasteiger partial charge in [-0.25, -0.2) is 10.4 Å². The minimum atomic E-state index is -0.402. The summed E-state index contributed by atoms with van der Waals surface area (Å²) in [6.07, 6.45) is 1.42. The second-order valence-corrected chi connectivity index (χ2v) is 9.34. The van der Waals surface area contributed by atoms with Gasteiger partial charge in [-0.3, -0.25) is 4.79 Å². The summed E-state index contributed by atoms with van der Waals surface area (Å²) < 4.78 is 5.96. The summed E-state index contributed by atoms with van der Waals surface area (Å²) in [5.41, 5.74) is 6.98. The van der Waals surface area contributed by atoms with Gasteiger partial charge in [0.2, 0.25) is 0 Å². The molecule has 0 saturated carbocycles. The maximum absolute atomic E-state index is 13.3. The third kappa shape index (κ3) is 5.91. The number of rotatable bonds is 7. The van der Waals surface area contributed by atoms with E-state index in [1.54, 1.807) is 36.4 Å². The minimum absolute atomic E-state index is 0.115. The van der Waals surface area contributed by atoms with Gasteiger partial charge in [0, 0.05) is 27.1 Å². The number of para-hydroxylation sites is 1. The number of hydrogen-bond donors (Lipinski definition) is 1. The lowest BCUT2D eigenvalue weighted by Gasteiger charge is -2.12. The monoisotopic (exact) mass is 550 g/mol. The van der Waals surface area contributed by atoms with Crippen LogP contribution in [0.4, 0.5) is 0 Å². The number of ether oxygens (including phenoxy) is 1. The number of nitrogens with zero attached hydrogens (tertiary/aromatic N) is 3. The van der Waals surface area contributed by atoms with Crippen LogP contribution in [0.5, 0.6) is 5.75 Å². The Kier molecular flexibility index (Phi) is 7.83. The Bertz CT molecular complexity index is 1750. The van der Waals surface area contributed by atoms with Crippen LogP contribution >= 0.6 is 23.2 Å². The fourth-order valence-electron chi connectivity index (χ4n) is 4.07. The molecule has 0 fully saturated rings. The van der Waals surface area contributed by atoms with Crippen LogP contribution < -0.4 is 10.2 Å². The predicted molar refractivity (Wildman–Crippen MR) is 154 cm³/mol. The molecular formula is C31H20Cl2N4O2. The van der Waals surface area contributed by atoms with Crippen LogP contribution in [0.25, 0.3) is 22.2 Å². The molecule has 0 spiro atoms. The maximum Gasteiger partial charge on any atom is 0.272 e. The largest absolute Gasteiger partial charge is 0.487 e. The molecule has 190 valence electrons. The second kappa shape index (κ2) is 11.8. The van der Waals surface area contributed by atoms with Crippen molar-refractivity contribution in [1.29, 1.82) is 5.26 Å². The quantitative estimate of drug-likeness (QED) is 0.168. The van der Waals surface area contributed by atoms with Gasteiger partial charge in [0.1, 0.15) is 12.4 Å². The number of nitriles is 1. The van der Waals surface area contributed by atoms with Crippen molar-refractivity contribution in [2.75, 3.05) is 0 Å². The van der Waals surface area contributed by atoms with Gasteiger partial charge in [-0.1, -0.05) is 89.9 Å². The molecule has 0 atom stereocenters. The summed E-state index contributed by atoms with van der Waals surface area (Å²) in [4.78, 5) is 18.0. The average molecular weight is 551 g/mol. The zero-order valence-corrected chi connectivity index (χ0v) is 21.9. The fourth-order valence-corrected chi connectivity index (χ4v) is 4.64. The molecule has 0 bridgehead atoms. The predicted octanol–water partition coefficient (Wildman–Crippen LogP) is 7.42. The molecule has 0 aliphatic heterocycles. The number of hydrogen-bond acceptors (Lipinski definition) is 5. The van der Waals surface area contributed by atoms with Crippen LogP contribution in [0.15, 0.2) is 102 Å². The standard InChI is InChI=1S/C31H20Cl2N4O2/c32-24-14-23(30(27(33)15-24)39-19-22-11-5-4-10-21(22)17-34)18-35-37-31(38)26-16-29(20-8-2-1-3-9-20)36-28-13-7-6-12-25(26)28/h1-16,18H,19H2,(H,37,38)/b35-18-. The molecule has 0 aliphatic carbocycles. The Hall–Kier alpha value is -4.70. The first-order valence-corrected chi connectivity index (χ1v) is 12.7. The minimum Gasteiger partial charge on any atom is -0.487 e. The van der Waals surface area contributed by atoms with Crippen LogP contribution in [0.1, 0.15) is 27.0 Å². The van der Waals surface area contributed by atoms with Crippen molar-refractivity contribution in [1.82, 2.24) is 10.4 Å². The van der Waals surface area contributed by atoms with Gasteiger partial charge < -0.3 is 4.74 Å². The van der Waals surface area contributed by atoms with Crippen molar-refractivity contribution >= 4 is 46.2 Å². The van der Waals surface area contributed by atoms with E-state index in [9.17, 15) is 10.1 Å². The molecule has 1 amide bonds. The number of halogens is 2. The van der Waals surface area contributed by atoms with Crippen LogP contribution in [0.2, 0.25) is 10.0 Å². The number of hydrazone groups is 1. The van der Waals surface area contributed by atoms with Gasteiger partial charge in [-0.15, -0.1) is 0 Å². The summed E-state index contributed by atoms with van der Waals surface area (Å²) in [5, 5.41) is 14.9. The van der Waals surface area contributed by atoms with E-state index in [4.69, 9.17) is 32.9 Å². The number of pyridine rings is 1. The fraction of sp³-hybridized carbons (Fsp3) is 0.0323. The molecule has 8 heteroatoms. The van der Waals surface area contributed by atoms with Crippen LogP contribution in [0.3, 0.4) is 0 Å². The lowest BCUT2D eigenvalue weighted by molar-refractivity contribution is 0.0956. The lowest BCUT2D eigenvalue weighted by atomic mass is 10.0. The molecular weight excluding hydrogens is 531 g/mol. The van der Waals surface area contributed by atoms with E-state index >= 15 is 0 Å². The van der Waals surface area contributed by atoms with E-state index in [0.717, 1.165) is 5.56 Å². The molecule has 0 unspecified atom stereocenters. The summed E-state index contributed by atoms with van der Waals surface area (Å²) in [7, 11) is 0. The van der Waals surface area contributed by atoms with Crippen LogP contribution in [-0.4, -0.2) is 17.1 Å². The number of amides is 1. The molecule has 1 aromatic heterocycles. The molecule has 4 aromatic carbocycles. The van der Waals surface area contributed by atoms with Gasteiger partial charge >= 0.3 is 0 Å². The van der Waals surface area contributed by atoms with Gasteiger partial charge in [-0.05, 0) is 30.3 Å². The molecule has 39 heavy (non-hydrogen) atoms. The number of carbonyl (C=O) groups excluding carboxylic acids is 1. The number of aromatic nitrogens is 1. The van der Waals surface area contributed by atoms with Crippen molar-refractivity contribution in [3.8, 4) is 23.1 Å². The van der Waals surface area contributed by atoms with Crippen molar-refractivity contribution in [3.05, 3.63) is 129 Å². The van der Waals surface area contributed by atoms with E-state index in [1.165, 1.54) is 6.21 Å². The molecule has 0 saturated heterocycles. The molecule has 1 heterocycles. The highest BCUT2D eigenvalue weighted by Gasteiger charge is 2.15. The zero-order valence-electron chi connectivity index (χ0n) is 20.4. The van der Waals surface area contributed by atoms with Crippen LogP contribution in [0, 0.1) is 11.3 Å². The van der Waals surface area contributed by atoms with Gasteiger partial charge in [0.05, 0.1) is 39.6 Å². The highest BCUT2D eigenvalue weighted by atomic mass is 35.5. The molecule has 0 aliphatic rings. The second-order valence-electron chi connectivity index (χ2n) is 8.50. The first-order chi connectivity index (χ1) is 19.0. The summed E-state index contributed by atoms with van der Waals surface area (Å²) in [6.45, 7) is 0.115. The maximum atomic E-state index is 13.3. The van der Waals surface area contributed by atoms with Gasteiger partial charge in [0.15, 0.2) is 0 Å². The Morgan fingerprint density at radius 2 is 1.72 bits per heavy atom. The van der Waals surface area contributed by atoms with E-state index in [2.05, 4.69) is 16.6 Å².